The van der Waals surface area contributed by atoms with Crippen molar-refractivity contribution in [3.05, 3.63) is 388 Å². The molecule has 4 heterocycles. The topological polar surface area (TPSA) is 263 Å². The Morgan fingerprint density at radius 1 is 0.486 bits per heavy atom. The summed E-state index contributed by atoms with van der Waals surface area (Å²) in [6.45, 7) is 3.91. The van der Waals surface area contributed by atoms with E-state index in [1.165, 1.54) is 4.91 Å². The average molecular weight is 1680 g/mol. The molecule has 0 aliphatic rings. The van der Waals surface area contributed by atoms with Crippen LogP contribution in [0.1, 0.15) is 84.5 Å². The minimum Gasteiger partial charge on any atom is -0.373 e. The van der Waals surface area contributed by atoms with Crippen molar-refractivity contribution in [3.63, 3.8) is 0 Å². The number of aromatic nitrogens is 4. The van der Waals surface area contributed by atoms with Gasteiger partial charge < -0.3 is 40.4 Å². The van der Waals surface area contributed by atoms with E-state index < -0.39 is 0 Å². The summed E-state index contributed by atoms with van der Waals surface area (Å²) >= 11 is 36.8. The third-order valence-corrected chi connectivity index (χ3v) is 17.5. The Morgan fingerprint density at radius 2 is 0.784 bits per heavy atom. The first-order valence-corrected chi connectivity index (χ1v) is 35.2. The van der Waals surface area contributed by atoms with Crippen LogP contribution in [0.4, 0.5) is 11.4 Å². The van der Waals surface area contributed by atoms with Gasteiger partial charge in [0.15, 0.2) is 27.5 Å². The van der Waals surface area contributed by atoms with Gasteiger partial charge in [-0.3, -0.25) is 28.9 Å². The Labute approximate surface area is 709 Å². The molecule has 1 radical (unpaired) electrons. The molecule has 0 atom stereocenters. The number of anilines is 2. The average Bonchev–Trinajstić information content (AvgIpc) is 0.777. The molecule has 18 nitrogen and oxygen atoms in total. The molecule has 0 aliphatic carbocycles. The number of carbonyl (C=O) groups excluding carboxylic acids is 1. The van der Waals surface area contributed by atoms with E-state index in [-0.39, 0.29) is 109 Å². The first-order valence-electron chi connectivity index (χ1n) is 31.8. The first-order chi connectivity index (χ1) is 50.8. The molecular weight excluding hydrogens is 1590 g/mol. The number of benzene rings is 10. The summed E-state index contributed by atoms with van der Waals surface area (Å²) in [6, 6.07) is 75.3. The van der Waals surface area contributed by atoms with Crippen LogP contribution in [0, 0.1) is 6.92 Å². The second-order valence-corrected chi connectivity index (χ2v) is 25.4. The number of ketones is 1. The molecule has 0 saturated carbocycles. The van der Waals surface area contributed by atoms with Gasteiger partial charge in [0.1, 0.15) is 0 Å². The minimum absolute atomic E-state index is 0. The van der Waals surface area contributed by atoms with Crippen molar-refractivity contribution in [2.75, 3.05) is 5.32 Å². The van der Waals surface area contributed by atoms with Crippen LogP contribution in [-0.2, 0) is 18.4 Å². The Bertz CT molecular complexity index is 5620. The number of thiol groups is 1. The SMILES string of the molecule is C.C.C.C.C.CCC(=O)c1ccc(Cl)cc1Nc1ccccc1.Cc1cn(-c2ccccc2)c2cc(Cl)ccc2c1=O.NCc1cn(-c2ccccc2)c2cc(Cl)ccc2c1=O.O=c1c(CBr)cn(-c2ccccc2)c2cc(Cl)ccc12.[B]=NS.[HH].[N-]=[N+]=NCc1cn(-c2ccccc2)c2cc(Cl)ccc2c1=O.[N-]=[N+]=[N-].[Na+]. The maximum atomic E-state index is 12.5. The Morgan fingerprint density at radius 3 is 1.13 bits per heavy atom. The zero-order valence-corrected chi connectivity index (χ0v) is 65.3. The van der Waals surface area contributed by atoms with Crippen LogP contribution >= 0.6 is 86.7 Å². The van der Waals surface area contributed by atoms with Crippen LogP contribution in [0.25, 0.3) is 92.8 Å². The van der Waals surface area contributed by atoms with Gasteiger partial charge in [0.2, 0.25) is 0 Å². The number of nitrogens with two attached hydrogens (primary N) is 1. The summed E-state index contributed by atoms with van der Waals surface area (Å²) in [5.41, 5.74) is 39.4. The zero-order chi connectivity index (χ0) is 75.5. The smallest absolute Gasteiger partial charge is 0.373 e. The van der Waals surface area contributed by atoms with E-state index in [0.717, 1.165) is 61.8 Å². The fraction of sp³-hybridized carbons (Fsp3) is 0.131. The van der Waals surface area contributed by atoms with Gasteiger partial charge in [-0.05, 0) is 164 Å². The van der Waals surface area contributed by atoms with E-state index in [2.05, 4.69) is 56.0 Å². The van der Waals surface area contributed by atoms with Gasteiger partial charge in [0.05, 0.1) is 34.3 Å². The van der Waals surface area contributed by atoms with Crippen LogP contribution in [0.5, 0.6) is 0 Å². The number of aryl methyl sites for hydroxylation is 1. The molecule has 14 rings (SSSR count). The second kappa shape index (κ2) is 48.8. The van der Waals surface area contributed by atoms with E-state index in [0.29, 0.717) is 80.6 Å². The standard InChI is InChI=1S/C16H11BrClNO.C16H11ClN4O.C16H13ClN2O.C16H12ClNO.C15H14ClNO.5CH4.BHNS.N3.Na.H2/c17-9-11-10-19(13-4-2-1-3-5-13)15-8-12(18)6-7-14(15)16(11)20;17-12-6-7-14-15(8-12)21(13-4-2-1-3-5-13)10-11(16(14)22)9-19-20-18;17-12-6-7-14-15(8-12)19(10-11(9-18)16(14)20)13-4-2-1-3-5-13;1-11-10-18(13-5-3-2-4-6-13)15-9-12(17)7-8-14(15)16(11)19;1-2-15(18)13-9-8-11(16)10-14(13)17-12-6-4-3-5-7-12;;;;;;1-2-3;1-3-2;;/h1-8,10H,9H2;1-8,10H,9H2;1-8,10H,9,18H2;2-10H,1H3;3-10,17H,2H2,1H3;5*1H4;3H;;;1H/q;;;;;;;;;;;-1;+1;. The van der Waals surface area contributed by atoms with Crippen molar-refractivity contribution in [2.45, 2.75) is 75.8 Å². The minimum atomic E-state index is -0.147. The van der Waals surface area contributed by atoms with E-state index in [1.54, 1.807) is 91.3 Å². The number of Topliss-reactive ketones (excluding diaryl/α,β-unsaturated/α-hetero) is 1. The van der Waals surface area contributed by atoms with E-state index in [1.807, 2.05) is 208 Å². The number of alkyl halides is 1. The predicted octanol–water partition coefficient (Wildman–Crippen LogP) is 22.2. The van der Waals surface area contributed by atoms with Crippen molar-refractivity contribution < 1.29 is 35.8 Å². The third kappa shape index (κ3) is 25.9. The molecule has 111 heavy (non-hydrogen) atoms. The number of azide groups is 1. The van der Waals surface area contributed by atoms with Crippen molar-refractivity contribution >= 4 is 155 Å². The fourth-order valence-corrected chi connectivity index (χ4v) is 12.1. The molecule has 0 amide bonds. The number of nitrogens with zero attached hydrogens (tertiary/aromatic N) is 11. The number of hydrogen-bond donors (Lipinski definition) is 3. The maximum Gasteiger partial charge on any atom is 1.00 e. The van der Waals surface area contributed by atoms with Crippen LogP contribution in [0.15, 0.2) is 296 Å². The Hall–Kier alpha value is -9.77. The summed E-state index contributed by atoms with van der Waals surface area (Å²) in [4.78, 5) is 65.4. The quantitative estimate of drug-likeness (QED) is 0.0202. The maximum absolute atomic E-state index is 12.5. The number of hydrogen-bond acceptors (Lipinski definition) is 10. The molecule has 0 unspecified atom stereocenters. The largest absolute Gasteiger partial charge is 1.00 e. The second-order valence-electron chi connectivity index (χ2n) is 22.4. The number of fused-ring (bicyclic) bond motifs is 4. The molecule has 4 aromatic heterocycles. The van der Waals surface area contributed by atoms with Crippen molar-refractivity contribution in [2.24, 2.45) is 15.1 Å². The van der Waals surface area contributed by atoms with E-state index in [4.69, 9.17) is 80.3 Å². The third-order valence-electron chi connectivity index (χ3n) is 15.7. The number of para-hydroxylation sites is 5. The van der Waals surface area contributed by atoms with Gasteiger partial charge in [-0.1, -0.05) is 214 Å². The van der Waals surface area contributed by atoms with Gasteiger partial charge in [0.25, 0.3) is 0 Å². The summed E-state index contributed by atoms with van der Waals surface area (Å²) in [5.74, 6) is 0.102. The van der Waals surface area contributed by atoms with Crippen LogP contribution in [0.2, 0.25) is 25.1 Å². The number of halogens is 6. The first kappa shape index (κ1) is 97.3. The summed E-state index contributed by atoms with van der Waals surface area (Å²) < 4.78 is 10.5. The molecule has 14 aromatic rings. The van der Waals surface area contributed by atoms with Gasteiger partial charge in [0, 0.05) is 152 Å². The van der Waals surface area contributed by atoms with Crippen molar-refractivity contribution in [3.8, 4) is 22.7 Å². The van der Waals surface area contributed by atoms with Crippen LogP contribution < -0.4 is 62.3 Å². The molecule has 3 N–H and O–H groups in total. The van der Waals surface area contributed by atoms with Crippen molar-refractivity contribution in [1.82, 2.24) is 18.3 Å². The number of nitrogens with one attached hydrogen (secondary N) is 1. The number of pyridine rings is 4. The number of rotatable bonds is 12. The molecule has 0 fully saturated rings. The molecular formula is C84H84BBrCl5N13NaO5S. The fourth-order valence-electron chi connectivity index (χ4n) is 10.9. The summed E-state index contributed by atoms with van der Waals surface area (Å²) in [6.07, 6.45) is 7.69. The molecule has 0 spiro atoms. The number of carbonyl (C=O) groups is 1. The predicted molar refractivity (Wildman–Crippen MR) is 475 cm³/mol. The van der Waals surface area contributed by atoms with E-state index in [9.17, 15) is 24.0 Å². The molecule has 0 aliphatic heterocycles. The van der Waals surface area contributed by atoms with E-state index >= 15 is 0 Å². The van der Waals surface area contributed by atoms with Gasteiger partial charge >= 0.3 is 54.3 Å². The molecule has 0 bridgehead atoms. The molecule has 0 saturated heterocycles. The monoisotopic (exact) mass is 1670 g/mol. The normalized spacial score (nSPS) is 9.67. The van der Waals surface area contributed by atoms with Crippen molar-refractivity contribution in [1.29, 1.82) is 0 Å². The van der Waals surface area contributed by atoms with Crippen LogP contribution in [-0.4, -0.2) is 31.7 Å². The summed E-state index contributed by atoms with van der Waals surface area (Å²) in [7, 11) is 4.34. The Kier molecular flexibility index (Phi) is 42.8. The Balaban J connectivity index is 0.000000677. The van der Waals surface area contributed by atoms with Crippen LogP contribution in [0.3, 0.4) is 0 Å². The van der Waals surface area contributed by atoms with Gasteiger partial charge in [-0.25, -0.2) is 0 Å². The van der Waals surface area contributed by atoms with Gasteiger partial charge in [-0.2, -0.15) is 0 Å². The summed E-state index contributed by atoms with van der Waals surface area (Å²) in [5, 5.41) is 12.8. The zero-order valence-electron chi connectivity index (χ0n) is 57.1. The molecule has 10 aromatic carbocycles. The molecule has 27 heteroatoms. The molecule has 567 valence electrons. The van der Waals surface area contributed by atoms with Gasteiger partial charge in [-0.15, -0.1) is 0 Å².